The maximum atomic E-state index is 12.3. The van der Waals surface area contributed by atoms with Gasteiger partial charge in [0.1, 0.15) is 6.67 Å². The number of anilines is 2. The number of aryl methyl sites for hydroxylation is 2. The highest BCUT2D eigenvalue weighted by Gasteiger charge is 2.29. The molecule has 0 radical (unpaired) electrons. The summed E-state index contributed by atoms with van der Waals surface area (Å²) < 4.78 is 19.1. The van der Waals surface area contributed by atoms with Crippen molar-refractivity contribution < 1.29 is 13.7 Å². The number of alkyl halides is 1. The Morgan fingerprint density at radius 1 is 1.37 bits per heavy atom. The Hall–Kier alpha value is -3.23. The lowest BCUT2D eigenvalue weighted by Gasteiger charge is -2.09. The fourth-order valence-corrected chi connectivity index (χ4v) is 2.72. The smallest absolute Gasteiger partial charge is 0.323 e. The van der Waals surface area contributed by atoms with Crippen molar-refractivity contribution in [2.75, 3.05) is 17.3 Å². The third-order valence-electron chi connectivity index (χ3n) is 4.31. The van der Waals surface area contributed by atoms with Crippen molar-refractivity contribution in [2.45, 2.75) is 32.2 Å². The summed E-state index contributed by atoms with van der Waals surface area (Å²) in [4.78, 5) is 16.6. The summed E-state index contributed by atoms with van der Waals surface area (Å²) in [6.07, 6.45) is 5.27. The van der Waals surface area contributed by atoms with Gasteiger partial charge in [-0.3, -0.25) is 4.68 Å². The summed E-state index contributed by atoms with van der Waals surface area (Å²) in [7, 11) is 0. The van der Waals surface area contributed by atoms with Crippen molar-refractivity contribution in [1.29, 1.82) is 0 Å². The zero-order chi connectivity index (χ0) is 18.8. The average Bonchev–Trinajstić information content (AvgIpc) is 3.21. The molecule has 1 aromatic carbocycles. The molecule has 3 aromatic rings. The van der Waals surface area contributed by atoms with E-state index >= 15 is 0 Å². The van der Waals surface area contributed by atoms with E-state index < -0.39 is 12.7 Å². The number of hydrogen-bond donors (Lipinski definition) is 2. The molecule has 0 bridgehead atoms. The van der Waals surface area contributed by atoms with Crippen molar-refractivity contribution in [3.05, 3.63) is 42.0 Å². The molecule has 0 atom stereocenters. The molecule has 1 aliphatic carbocycles. The Morgan fingerprint density at radius 2 is 2.22 bits per heavy atom. The van der Waals surface area contributed by atoms with Gasteiger partial charge in [-0.25, -0.2) is 9.18 Å². The normalized spacial score (nSPS) is 13.6. The number of carbonyl (C=O) groups excluding carboxylic acids is 1. The van der Waals surface area contributed by atoms with Crippen LogP contribution in [0.15, 0.2) is 35.1 Å². The van der Waals surface area contributed by atoms with Crippen LogP contribution in [0, 0.1) is 6.92 Å². The van der Waals surface area contributed by atoms with Crippen molar-refractivity contribution >= 4 is 17.4 Å². The van der Waals surface area contributed by atoms with Gasteiger partial charge in [0.25, 0.3) is 5.89 Å². The van der Waals surface area contributed by atoms with Crippen LogP contribution >= 0.6 is 0 Å². The predicted octanol–water partition coefficient (Wildman–Crippen LogP) is 3.73. The van der Waals surface area contributed by atoms with Crippen LogP contribution in [0.5, 0.6) is 0 Å². The third kappa shape index (κ3) is 3.97. The number of halogens is 1. The van der Waals surface area contributed by atoms with Crippen molar-refractivity contribution in [2.24, 2.45) is 0 Å². The molecule has 2 heterocycles. The first-order valence-corrected chi connectivity index (χ1v) is 8.73. The Morgan fingerprint density at radius 3 is 2.96 bits per heavy atom. The number of benzene rings is 1. The van der Waals surface area contributed by atoms with E-state index in [1.807, 2.05) is 19.1 Å². The number of nitrogens with one attached hydrogen (secondary N) is 2. The standard InChI is InChI=1S/C18H19FN6O2/c1-11-8-13(17-23-16(24-27-17)12-2-3-12)4-5-15(11)22-18(26)21-14-9-20-25(10-14)7-6-19/h4-5,8-10,12H,2-3,6-7H2,1H3,(H2,21,22,26). The van der Waals surface area contributed by atoms with Gasteiger partial charge in [-0.05, 0) is 43.5 Å². The minimum absolute atomic E-state index is 0.155. The van der Waals surface area contributed by atoms with E-state index in [2.05, 4.69) is 25.9 Å². The van der Waals surface area contributed by atoms with Gasteiger partial charge >= 0.3 is 6.03 Å². The van der Waals surface area contributed by atoms with Gasteiger partial charge in [-0.1, -0.05) is 5.16 Å². The largest absolute Gasteiger partial charge is 0.334 e. The molecule has 9 heteroatoms. The van der Waals surface area contributed by atoms with E-state index in [4.69, 9.17) is 4.52 Å². The lowest BCUT2D eigenvalue weighted by atomic mass is 10.1. The first-order chi connectivity index (χ1) is 13.1. The van der Waals surface area contributed by atoms with Crippen LogP contribution in [0.4, 0.5) is 20.6 Å². The van der Waals surface area contributed by atoms with Gasteiger partial charge in [0.05, 0.1) is 18.4 Å². The summed E-state index contributed by atoms with van der Waals surface area (Å²) in [5.41, 5.74) is 2.83. The van der Waals surface area contributed by atoms with Crippen molar-refractivity contribution in [3.63, 3.8) is 0 Å². The average molecular weight is 370 g/mol. The zero-order valence-electron chi connectivity index (χ0n) is 14.8. The molecule has 1 fully saturated rings. The summed E-state index contributed by atoms with van der Waals surface area (Å²) in [6, 6.07) is 5.10. The number of carbonyl (C=O) groups is 1. The van der Waals surface area contributed by atoms with E-state index in [1.54, 1.807) is 12.3 Å². The van der Waals surface area contributed by atoms with Crippen molar-refractivity contribution in [1.82, 2.24) is 19.9 Å². The monoisotopic (exact) mass is 370 g/mol. The molecule has 0 aliphatic heterocycles. The Bertz CT molecular complexity index is 962. The number of rotatable bonds is 6. The second-order valence-corrected chi connectivity index (χ2v) is 6.52. The van der Waals surface area contributed by atoms with Gasteiger partial charge in [-0.15, -0.1) is 0 Å². The van der Waals surface area contributed by atoms with E-state index in [-0.39, 0.29) is 6.54 Å². The maximum Gasteiger partial charge on any atom is 0.323 e. The molecule has 1 aliphatic rings. The zero-order valence-corrected chi connectivity index (χ0v) is 14.8. The van der Waals surface area contributed by atoms with Crippen LogP contribution in [-0.2, 0) is 6.54 Å². The Balaban J connectivity index is 1.41. The second kappa shape index (κ2) is 7.18. The lowest BCUT2D eigenvalue weighted by Crippen LogP contribution is -2.19. The fraction of sp³-hybridized carbons (Fsp3) is 0.333. The number of hydrogen-bond acceptors (Lipinski definition) is 5. The SMILES string of the molecule is Cc1cc(-c2nc(C3CC3)no2)ccc1NC(=O)Nc1cnn(CCF)c1. The van der Waals surface area contributed by atoms with Crippen LogP contribution in [-0.4, -0.2) is 32.6 Å². The molecule has 1 saturated carbocycles. The Kier molecular flexibility index (Phi) is 4.57. The van der Waals surface area contributed by atoms with Gasteiger partial charge in [0.2, 0.25) is 0 Å². The number of urea groups is 1. The first-order valence-electron chi connectivity index (χ1n) is 8.73. The topological polar surface area (TPSA) is 97.9 Å². The molecular weight excluding hydrogens is 351 g/mol. The lowest BCUT2D eigenvalue weighted by molar-refractivity contribution is 0.262. The van der Waals surface area contributed by atoms with Gasteiger partial charge < -0.3 is 15.2 Å². The second-order valence-electron chi connectivity index (χ2n) is 6.52. The third-order valence-corrected chi connectivity index (χ3v) is 4.31. The molecule has 0 spiro atoms. The number of nitrogens with zero attached hydrogens (tertiary/aromatic N) is 4. The molecular formula is C18H19FN6O2. The minimum Gasteiger partial charge on any atom is -0.334 e. The Labute approximate surface area is 154 Å². The van der Waals surface area contributed by atoms with E-state index in [1.165, 1.54) is 10.9 Å². The van der Waals surface area contributed by atoms with Crippen LogP contribution in [0.25, 0.3) is 11.5 Å². The summed E-state index contributed by atoms with van der Waals surface area (Å²) in [5.74, 6) is 1.68. The number of amides is 2. The molecule has 4 rings (SSSR count). The molecule has 140 valence electrons. The van der Waals surface area contributed by atoms with Gasteiger partial charge in [0.15, 0.2) is 5.82 Å². The van der Waals surface area contributed by atoms with Crippen LogP contribution in [0.3, 0.4) is 0 Å². The summed E-state index contributed by atoms with van der Waals surface area (Å²) in [5, 5.41) is 13.4. The molecule has 0 unspecified atom stereocenters. The molecule has 0 saturated heterocycles. The molecule has 8 nitrogen and oxygen atoms in total. The molecule has 2 aromatic heterocycles. The highest BCUT2D eigenvalue weighted by atomic mass is 19.1. The van der Waals surface area contributed by atoms with E-state index in [0.717, 1.165) is 29.8 Å². The van der Waals surface area contributed by atoms with Crippen LogP contribution in [0.2, 0.25) is 0 Å². The van der Waals surface area contributed by atoms with Crippen LogP contribution < -0.4 is 10.6 Å². The van der Waals surface area contributed by atoms with E-state index in [0.29, 0.717) is 23.2 Å². The van der Waals surface area contributed by atoms with Gasteiger partial charge in [-0.2, -0.15) is 10.1 Å². The first kappa shape index (κ1) is 17.2. The molecule has 27 heavy (non-hydrogen) atoms. The van der Waals surface area contributed by atoms with Crippen molar-refractivity contribution in [3.8, 4) is 11.5 Å². The van der Waals surface area contributed by atoms with E-state index in [9.17, 15) is 9.18 Å². The predicted molar refractivity (Wildman–Crippen MR) is 97.3 cm³/mol. The van der Waals surface area contributed by atoms with Gasteiger partial charge in [0, 0.05) is 23.4 Å². The summed E-state index contributed by atoms with van der Waals surface area (Å²) in [6.45, 7) is 1.53. The van der Waals surface area contributed by atoms with Crippen LogP contribution in [0.1, 0.15) is 30.1 Å². The maximum absolute atomic E-state index is 12.3. The highest BCUT2D eigenvalue weighted by Crippen LogP contribution is 2.39. The fourth-order valence-electron chi connectivity index (χ4n) is 2.72. The number of aromatic nitrogens is 4. The molecule has 2 N–H and O–H groups in total. The molecule has 2 amide bonds. The quantitative estimate of drug-likeness (QED) is 0.689. The summed E-state index contributed by atoms with van der Waals surface area (Å²) >= 11 is 0. The highest BCUT2D eigenvalue weighted by molar-refractivity contribution is 6.00. The minimum atomic E-state index is -0.513.